The Morgan fingerprint density at radius 3 is 2.69 bits per heavy atom. The first kappa shape index (κ1) is 11.9. The van der Waals surface area contributed by atoms with E-state index in [1.807, 2.05) is 0 Å². The molecule has 2 unspecified atom stereocenters. The minimum Gasteiger partial charge on any atom is -0.385 e. The number of hydrogen-bond acceptors (Lipinski definition) is 6. The predicted molar refractivity (Wildman–Crippen MR) is 53.5 cm³/mol. The third kappa shape index (κ3) is 2.25. The zero-order valence-electron chi connectivity index (χ0n) is 8.16. The lowest BCUT2D eigenvalue weighted by atomic mass is 10.0. The van der Waals surface area contributed by atoms with Crippen LogP contribution in [0.4, 0.5) is 5.82 Å². The topological polar surface area (TPSA) is 146 Å². The first-order valence-electron chi connectivity index (χ1n) is 4.28. The van der Waals surface area contributed by atoms with Crippen LogP contribution < -0.4 is 11.5 Å². The molecule has 1 aromatic heterocycles. The van der Waals surface area contributed by atoms with Crippen LogP contribution in [-0.2, 0) is 4.79 Å². The maximum absolute atomic E-state index is 10.6. The first-order valence-corrected chi connectivity index (χ1v) is 4.28. The Morgan fingerprint density at radius 2 is 2.19 bits per heavy atom. The lowest BCUT2D eigenvalue weighted by Crippen LogP contribution is -2.33. The van der Waals surface area contributed by atoms with Gasteiger partial charge in [-0.25, -0.2) is 4.98 Å². The maximum Gasteiger partial charge on any atom is 0.249 e. The van der Waals surface area contributed by atoms with Crippen molar-refractivity contribution in [2.45, 2.75) is 12.2 Å². The third-order valence-corrected chi connectivity index (χ3v) is 1.99. The number of carbonyl (C=O) groups is 1. The molecule has 84 valence electrons. The third-order valence-electron chi connectivity index (χ3n) is 1.99. The quantitative estimate of drug-likeness (QED) is 0.485. The highest BCUT2D eigenvalue weighted by atomic mass is 16.3. The molecule has 0 aliphatic carbocycles. The van der Waals surface area contributed by atoms with E-state index in [-0.39, 0.29) is 16.9 Å². The Morgan fingerprint density at radius 1 is 1.56 bits per heavy atom. The number of nitriles is 1. The highest BCUT2D eigenvalue weighted by Gasteiger charge is 2.24. The first-order chi connectivity index (χ1) is 7.47. The number of nitrogen functional groups attached to an aromatic ring is 1. The molecular formula is C9H10N4O3. The van der Waals surface area contributed by atoms with Crippen molar-refractivity contribution in [2.24, 2.45) is 5.73 Å². The summed E-state index contributed by atoms with van der Waals surface area (Å²) in [5, 5.41) is 27.4. The number of aliphatic hydroxyl groups is 2. The lowest BCUT2D eigenvalue weighted by Gasteiger charge is -2.15. The van der Waals surface area contributed by atoms with Crippen LogP contribution in [-0.4, -0.2) is 27.2 Å². The van der Waals surface area contributed by atoms with Crippen molar-refractivity contribution in [1.29, 1.82) is 5.26 Å². The van der Waals surface area contributed by atoms with Crippen LogP contribution in [0.1, 0.15) is 17.2 Å². The average molecular weight is 222 g/mol. The number of amides is 1. The van der Waals surface area contributed by atoms with E-state index in [0.29, 0.717) is 0 Å². The van der Waals surface area contributed by atoms with E-state index < -0.39 is 18.1 Å². The van der Waals surface area contributed by atoms with Crippen molar-refractivity contribution in [2.75, 3.05) is 5.73 Å². The molecule has 1 amide bonds. The molecule has 0 saturated heterocycles. The Balaban J connectivity index is 3.06. The minimum atomic E-state index is -1.75. The van der Waals surface area contributed by atoms with E-state index in [1.54, 1.807) is 6.07 Å². The summed E-state index contributed by atoms with van der Waals surface area (Å²) in [7, 11) is 0. The Bertz CT molecular complexity index is 455. The molecule has 1 aromatic rings. The van der Waals surface area contributed by atoms with Gasteiger partial charge in [-0.1, -0.05) is 0 Å². The SMILES string of the molecule is N#Cc1cc(C(O)C(O)C(N)=O)cnc1N. The van der Waals surface area contributed by atoms with Gasteiger partial charge in [-0.15, -0.1) is 0 Å². The molecule has 0 fully saturated rings. The van der Waals surface area contributed by atoms with E-state index >= 15 is 0 Å². The fourth-order valence-electron chi connectivity index (χ4n) is 1.08. The van der Waals surface area contributed by atoms with Gasteiger partial charge in [-0.3, -0.25) is 4.79 Å². The van der Waals surface area contributed by atoms with Crippen molar-refractivity contribution in [3.05, 3.63) is 23.4 Å². The number of rotatable bonds is 3. The molecule has 2 atom stereocenters. The van der Waals surface area contributed by atoms with Crippen molar-refractivity contribution >= 4 is 11.7 Å². The summed E-state index contributed by atoms with van der Waals surface area (Å²) in [5.74, 6) is -1.06. The lowest BCUT2D eigenvalue weighted by molar-refractivity contribution is -0.131. The van der Waals surface area contributed by atoms with Gasteiger partial charge in [-0.2, -0.15) is 5.26 Å². The molecule has 7 heteroatoms. The monoisotopic (exact) mass is 222 g/mol. The molecule has 16 heavy (non-hydrogen) atoms. The largest absolute Gasteiger partial charge is 0.385 e. The van der Waals surface area contributed by atoms with Gasteiger partial charge in [-0.05, 0) is 6.07 Å². The smallest absolute Gasteiger partial charge is 0.249 e. The molecular weight excluding hydrogens is 212 g/mol. The van der Waals surface area contributed by atoms with Crippen molar-refractivity contribution in [3.63, 3.8) is 0 Å². The number of carbonyl (C=O) groups excluding carboxylic acids is 1. The molecule has 0 saturated carbocycles. The van der Waals surface area contributed by atoms with Gasteiger partial charge in [0.25, 0.3) is 0 Å². The molecule has 0 bridgehead atoms. The molecule has 0 aromatic carbocycles. The van der Waals surface area contributed by atoms with E-state index in [0.717, 1.165) is 6.20 Å². The summed E-state index contributed by atoms with van der Waals surface area (Å²) in [6.45, 7) is 0. The van der Waals surface area contributed by atoms with Crippen LogP contribution >= 0.6 is 0 Å². The number of nitrogens with two attached hydrogens (primary N) is 2. The zero-order valence-corrected chi connectivity index (χ0v) is 8.16. The Hall–Kier alpha value is -2.17. The highest BCUT2D eigenvalue weighted by molar-refractivity contribution is 5.79. The summed E-state index contributed by atoms with van der Waals surface area (Å²) in [5.41, 5.74) is 10.3. The molecule has 0 aliphatic rings. The van der Waals surface area contributed by atoms with Gasteiger partial charge in [0.05, 0.1) is 5.56 Å². The van der Waals surface area contributed by atoms with Gasteiger partial charge < -0.3 is 21.7 Å². The van der Waals surface area contributed by atoms with Gasteiger partial charge in [0.2, 0.25) is 5.91 Å². The number of anilines is 1. The predicted octanol–water partition coefficient (Wildman–Crippen LogP) is -1.58. The van der Waals surface area contributed by atoms with Gasteiger partial charge in [0.1, 0.15) is 18.0 Å². The van der Waals surface area contributed by atoms with Crippen LogP contribution in [0, 0.1) is 11.3 Å². The average Bonchev–Trinajstić information content (AvgIpc) is 2.27. The Labute approximate surface area is 90.9 Å². The summed E-state index contributed by atoms with van der Waals surface area (Å²) in [6, 6.07) is 3.00. The van der Waals surface area contributed by atoms with Crippen LogP contribution in [0.5, 0.6) is 0 Å². The van der Waals surface area contributed by atoms with Gasteiger partial charge in [0.15, 0.2) is 6.10 Å². The zero-order chi connectivity index (χ0) is 12.3. The van der Waals surface area contributed by atoms with Gasteiger partial charge in [0, 0.05) is 11.8 Å². The van der Waals surface area contributed by atoms with E-state index in [2.05, 4.69) is 4.98 Å². The van der Waals surface area contributed by atoms with E-state index in [1.165, 1.54) is 6.07 Å². The molecule has 1 rings (SSSR count). The van der Waals surface area contributed by atoms with Crippen LogP contribution in [0.25, 0.3) is 0 Å². The fourth-order valence-corrected chi connectivity index (χ4v) is 1.08. The summed E-state index contributed by atoms with van der Waals surface area (Å²) >= 11 is 0. The van der Waals surface area contributed by atoms with E-state index in [4.69, 9.17) is 16.7 Å². The van der Waals surface area contributed by atoms with Crippen LogP contribution in [0.2, 0.25) is 0 Å². The van der Waals surface area contributed by atoms with Crippen LogP contribution in [0.3, 0.4) is 0 Å². The molecule has 1 heterocycles. The standard InChI is InChI=1S/C9H10N4O3/c10-2-4-1-5(3-13-8(4)11)6(14)7(15)9(12)16/h1,3,6-7,14-15H,(H2,11,13)(H2,12,16). The summed E-state index contributed by atoms with van der Waals surface area (Å²) in [6.07, 6.45) is -2.12. The normalized spacial score (nSPS) is 13.8. The second kappa shape index (κ2) is 4.57. The number of pyridine rings is 1. The van der Waals surface area contributed by atoms with Crippen molar-refractivity contribution < 1.29 is 15.0 Å². The molecule has 7 nitrogen and oxygen atoms in total. The number of aromatic nitrogens is 1. The number of primary amides is 1. The molecule has 0 aliphatic heterocycles. The van der Waals surface area contributed by atoms with Crippen molar-refractivity contribution in [1.82, 2.24) is 4.98 Å². The number of nitrogens with zero attached hydrogens (tertiary/aromatic N) is 2. The molecule has 0 radical (unpaired) electrons. The number of hydrogen-bond donors (Lipinski definition) is 4. The highest BCUT2D eigenvalue weighted by Crippen LogP contribution is 2.19. The second-order valence-corrected chi connectivity index (χ2v) is 3.11. The number of aliphatic hydroxyl groups excluding tert-OH is 2. The summed E-state index contributed by atoms with van der Waals surface area (Å²) < 4.78 is 0. The summed E-state index contributed by atoms with van der Waals surface area (Å²) in [4.78, 5) is 14.3. The Kier molecular flexibility index (Phi) is 3.40. The van der Waals surface area contributed by atoms with Crippen molar-refractivity contribution in [3.8, 4) is 6.07 Å². The second-order valence-electron chi connectivity index (χ2n) is 3.11. The molecule has 6 N–H and O–H groups in total. The fraction of sp³-hybridized carbons (Fsp3) is 0.222. The van der Waals surface area contributed by atoms with Crippen LogP contribution in [0.15, 0.2) is 12.3 Å². The maximum atomic E-state index is 10.6. The van der Waals surface area contributed by atoms with E-state index in [9.17, 15) is 15.0 Å². The minimum absolute atomic E-state index is 0.00650. The van der Waals surface area contributed by atoms with Gasteiger partial charge >= 0.3 is 0 Å². The molecule has 0 spiro atoms.